The van der Waals surface area contributed by atoms with Gasteiger partial charge in [-0.1, -0.05) is 11.5 Å². The van der Waals surface area contributed by atoms with Gasteiger partial charge in [-0.25, -0.2) is 8.78 Å². The summed E-state index contributed by atoms with van der Waals surface area (Å²) in [6.07, 6.45) is 3.70. The Morgan fingerprint density at radius 3 is 2.71 bits per heavy atom. The van der Waals surface area contributed by atoms with Gasteiger partial charge in [-0.2, -0.15) is 0 Å². The summed E-state index contributed by atoms with van der Waals surface area (Å²) in [6.45, 7) is 1.86. The summed E-state index contributed by atoms with van der Waals surface area (Å²) in [5.74, 6) is -1.05. The molecule has 5 heteroatoms. The van der Waals surface area contributed by atoms with Gasteiger partial charge < -0.3 is 4.40 Å². The largest absolute Gasteiger partial charge is 0.302 e. The molecule has 1 aromatic carbocycles. The third kappa shape index (κ3) is 1.66. The van der Waals surface area contributed by atoms with Gasteiger partial charge in [0.25, 0.3) is 0 Å². The van der Waals surface area contributed by atoms with Crippen molar-refractivity contribution >= 4 is 16.4 Å². The van der Waals surface area contributed by atoms with Gasteiger partial charge >= 0.3 is 0 Å². The molecule has 0 spiro atoms. The normalized spacial score (nSPS) is 11.1. The molecule has 0 unspecified atom stereocenters. The van der Waals surface area contributed by atoms with Gasteiger partial charge in [-0.15, -0.1) is 0 Å². The molecule has 0 amide bonds. The SMILES string of the molecule is C[c-]1c2cc(F)cc(F)c2c2n(C)cc[n+]21.[Y]. The number of rotatable bonds is 0. The van der Waals surface area contributed by atoms with Crippen molar-refractivity contribution in [1.82, 2.24) is 4.57 Å². The molecule has 0 aliphatic carbocycles. The topological polar surface area (TPSA) is 9.03 Å². The van der Waals surface area contributed by atoms with E-state index in [2.05, 4.69) is 0 Å². The van der Waals surface area contributed by atoms with Crippen LogP contribution in [0.25, 0.3) is 16.4 Å². The molecular weight excluding hydrogens is 299 g/mol. The zero-order valence-corrected chi connectivity index (χ0v) is 12.4. The van der Waals surface area contributed by atoms with E-state index < -0.39 is 11.6 Å². The molecule has 0 fully saturated rings. The molecule has 0 N–H and O–H groups in total. The summed E-state index contributed by atoms with van der Waals surface area (Å²) >= 11 is 0. The van der Waals surface area contributed by atoms with Crippen molar-refractivity contribution in [3.63, 3.8) is 0 Å². The first-order valence-electron chi connectivity index (χ1n) is 5.00. The maximum absolute atomic E-state index is 13.8. The van der Waals surface area contributed by atoms with E-state index >= 15 is 0 Å². The smallest absolute Gasteiger partial charge is 0.199 e. The average molecular weight is 309 g/mol. The first kappa shape index (κ1) is 12.7. The van der Waals surface area contributed by atoms with Crippen molar-refractivity contribution in [2.24, 2.45) is 7.05 Å². The Labute approximate surface area is 122 Å². The molecule has 0 saturated carbocycles. The summed E-state index contributed by atoms with van der Waals surface area (Å²) < 4.78 is 30.6. The van der Waals surface area contributed by atoms with E-state index in [9.17, 15) is 8.78 Å². The number of halogens is 2. The van der Waals surface area contributed by atoms with Crippen LogP contribution < -0.4 is 4.40 Å². The zero-order chi connectivity index (χ0) is 11.4. The molecule has 0 bridgehead atoms. The second-order valence-electron chi connectivity index (χ2n) is 4.00. The minimum Gasteiger partial charge on any atom is -0.302 e. The van der Waals surface area contributed by atoms with Gasteiger partial charge in [0.1, 0.15) is 5.82 Å². The van der Waals surface area contributed by atoms with Crippen molar-refractivity contribution in [1.29, 1.82) is 0 Å². The van der Waals surface area contributed by atoms with E-state index in [1.54, 1.807) is 0 Å². The van der Waals surface area contributed by atoms with E-state index in [1.807, 2.05) is 35.3 Å². The van der Waals surface area contributed by atoms with Crippen LogP contribution in [0.2, 0.25) is 0 Å². The number of nitrogens with zero attached hydrogens (tertiary/aromatic N) is 2. The number of aromatic nitrogens is 2. The van der Waals surface area contributed by atoms with E-state index in [0.717, 1.165) is 17.4 Å². The fourth-order valence-electron chi connectivity index (χ4n) is 2.26. The second kappa shape index (κ2) is 4.18. The van der Waals surface area contributed by atoms with Crippen molar-refractivity contribution in [2.45, 2.75) is 6.92 Å². The van der Waals surface area contributed by atoms with Crippen molar-refractivity contribution in [3.8, 4) is 0 Å². The predicted octanol–water partition coefficient (Wildman–Crippen LogP) is 2.22. The summed E-state index contributed by atoms with van der Waals surface area (Å²) in [6, 6.07) is 2.30. The van der Waals surface area contributed by atoms with Gasteiger partial charge in [-0.05, 0) is 13.0 Å². The molecule has 85 valence electrons. The van der Waals surface area contributed by atoms with Crippen LogP contribution in [0, 0.1) is 18.6 Å². The van der Waals surface area contributed by atoms with Crippen LogP contribution in [0.5, 0.6) is 0 Å². The number of fused-ring (bicyclic) bond motifs is 3. The van der Waals surface area contributed by atoms with Crippen molar-refractivity contribution in [3.05, 3.63) is 41.9 Å². The van der Waals surface area contributed by atoms with Crippen LogP contribution in [0.3, 0.4) is 0 Å². The first-order chi connectivity index (χ1) is 7.59. The molecule has 2 heterocycles. The number of hydrogen-bond donors (Lipinski definition) is 0. The molecule has 2 aromatic heterocycles. The molecule has 2 nitrogen and oxygen atoms in total. The molecule has 0 atom stereocenters. The van der Waals surface area contributed by atoms with Crippen LogP contribution in [0.15, 0.2) is 24.5 Å². The van der Waals surface area contributed by atoms with E-state index in [-0.39, 0.29) is 32.7 Å². The predicted molar refractivity (Wildman–Crippen MR) is 56.3 cm³/mol. The number of benzene rings is 1. The molecule has 3 aromatic rings. The number of hydrogen-bond acceptors (Lipinski definition) is 0. The molecule has 0 saturated heterocycles. The maximum atomic E-state index is 13.8. The van der Waals surface area contributed by atoms with Gasteiger partial charge in [0, 0.05) is 43.8 Å². The maximum Gasteiger partial charge on any atom is 0.199 e. The van der Waals surface area contributed by atoms with Crippen molar-refractivity contribution < 1.29 is 45.9 Å². The Morgan fingerprint density at radius 1 is 1.29 bits per heavy atom. The third-order valence-corrected chi connectivity index (χ3v) is 3.03. The Morgan fingerprint density at radius 2 is 2.00 bits per heavy atom. The number of aryl methyl sites for hydroxylation is 2. The standard InChI is InChI=1S/C12H10F2N2.Y/c1-7-9-5-8(13)6-10(14)11(9)12-15(2)3-4-16(7)12;/h3-6H,1-2H3;. The minimum absolute atomic E-state index is 0. The summed E-state index contributed by atoms with van der Waals surface area (Å²) in [5, 5.41) is 1.11. The Balaban J connectivity index is 0.00000108. The summed E-state index contributed by atoms with van der Waals surface area (Å²) in [4.78, 5) is 0. The average Bonchev–Trinajstić information content (AvgIpc) is 2.70. The van der Waals surface area contributed by atoms with Crippen molar-refractivity contribution in [2.75, 3.05) is 0 Å². The quantitative estimate of drug-likeness (QED) is 0.445. The molecule has 3 rings (SSSR count). The fraction of sp³-hybridized carbons (Fsp3) is 0.167. The Hall–Kier alpha value is -0.736. The molecule has 1 radical (unpaired) electrons. The van der Waals surface area contributed by atoms with Crippen LogP contribution in [-0.2, 0) is 39.8 Å². The van der Waals surface area contributed by atoms with Crippen LogP contribution in [0.4, 0.5) is 8.78 Å². The van der Waals surface area contributed by atoms with E-state index in [1.165, 1.54) is 6.07 Å². The minimum atomic E-state index is -0.538. The monoisotopic (exact) mass is 309 g/mol. The van der Waals surface area contributed by atoms with Crippen LogP contribution >= 0.6 is 0 Å². The molecule has 0 aliphatic heterocycles. The molecule has 0 aliphatic rings. The van der Waals surface area contributed by atoms with Crippen LogP contribution in [0.1, 0.15) is 5.69 Å². The van der Waals surface area contributed by atoms with E-state index in [0.29, 0.717) is 10.8 Å². The second-order valence-corrected chi connectivity index (χ2v) is 4.00. The van der Waals surface area contributed by atoms with E-state index in [4.69, 9.17) is 0 Å². The molecule has 17 heavy (non-hydrogen) atoms. The Bertz CT molecular complexity index is 712. The summed E-state index contributed by atoms with van der Waals surface area (Å²) in [7, 11) is 1.84. The van der Waals surface area contributed by atoms with Crippen LogP contribution in [-0.4, -0.2) is 4.57 Å². The molecular formula is C12H10F2N2Y. The van der Waals surface area contributed by atoms with Gasteiger partial charge in [-0.3, -0.25) is 4.57 Å². The first-order valence-corrected chi connectivity index (χ1v) is 5.00. The van der Waals surface area contributed by atoms with Gasteiger partial charge in [0.05, 0.1) is 25.3 Å². The van der Waals surface area contributed by atoms with Gasteiger partial charge in [0.2, 0.25) is 0 Å². The number of imidazole rings is 1. The van der Waals surface area contributed by atoms with Gasteiger partial charge in [0.15, 0.2) is 5.65 Å². The Kier molecular flexibility index (Phi) is 3.12. The third-order valence-electron chi connectivity index (χ3n) is 3.03. The summed E-state index contributed by atoms with van der Waals surface area (Å²) in [5.41, 5.74) is 1.61. The zero-order valence-electron chi connectivity index (χ0n) is 9.54. The fourth-order valence-corrected chi connectivity index (χ4v) is 2.26.